The van der Waals surface area contributed by atoms with Crippen molar-refractivity contribution < 1.29 is 0 Å². The molecule has 4 heteroatoms. The Hall–Kier alpha value is -2.10. The first-order valence-electron chi connectivity index (χ1n) is 4.38. The molecule has 4 nitrogen and oxygen atoms in total. The van der Waals surface area contributed by atoms with Crippen molar-refractivity contribution in [3.8, 4) is 11.4 Å². The maximum absolute atomic E-state index is 4.38. The third kappa shape index (κ3) is 1.01. The maximum Gasteiger partial charge on any atom is 0.155 e. The van der Waals surface area contributed by atoms with Crippen LogP contribution >= 0.6 is 0 Å². The van der Waals surface area contributed by atoms with E-state index in [0.717, 1.165) is 17.0 Å². The smallest absolute Gasteiger partial charge is 0.155 e. The zero-order chi connectivity index (χ0) is 9.38. The predicted molar refractivity (Wildman–Crippen MR) is 52.8 cm³/mol. The summed E-state index contributed by atoms with van der Waals surface area (Å²) in [6.45, 7) is 0. The normalized spacial score (nSPS) is 10.9. The second-order valence-electron chi connectivity index (χ2n) is 3.04. The van der Waals surface area contributed by atoms with Gasteiger partial charge in [0.15, 0.2) is 5.65 Å². The predicted octanol–water partition coefficient (Wildman–Crippen LogP) is 1.72. The van der Waals surface area contributed by atoms with E-state index in [9.17, 15) is 0 Å². The summed E-state index contributed by atoms with van der Waals surface area (Å²) in [7, 11) is 0. The molecule has 0 aromatic carbocycles. The third-order valence-corrected chi connectivity index (χ3v) is 2.11. The number of hydrogen-bond acceptors (Lipinski definition) is 2. The fraction of sp³-hybridized carbons (Fsp3) is 0. The standard InChI is InChI=1S/C10H8N4/c1-3-8(11-4-1)9-7-10-12-5-2-6-14(10)13-9/h1-7,11H. The second-order valence-corrected chi connectivity index (χ2v) is 3.04. The van der Waals surface area contributed by atoms with Crippen LogP contribution in [0.15, 0.2) is 42.9 Å². The van der Waals surface area contributed by atoms with Crippen LogP contribution in [0.3, 0.4) is 0 Å². The van der Waals surface area contributed by atoms with Crippen LogP contribution < -0.4 is 0 Å². The van der Waals surface area contributed by atoms with Gasteiger partial charge in [-0.3, -0.25) is 0 Å². The lowest BCUT2D eigenvalue weighted by atomic mass is 10.3. The number of nitrogens with zero attached hydrogens (tertiary/aromatic N) is 3. The zero-order valence-corrected chi connectivity index (χ0v) is 7.38. The molecule has 0 unspecified atom stereocenters. The quantitative estimate of drug-likeness (QED) is 0.626. The van der Waals surface area contributed by atoms with Crippen LogP contribution in [0, 0.1) is 0 Å². The number of aromatic amines is 1. The molecule has 0 aliphatic carbocycles. The summed E-state index contributed by atoms with van der Waals surface area (Å²) in [6, 6.07) is 7.75. The molecule has 0 saturated heterocycles. The Labute approximate surface area is 80.2 Å². The van der Waals surface area contributed by atoms with Gasteiger partial charge in [-0.25, -0.2) is 9.50 Å². The van der Waals surface area contributed by atoms with Crippen molar-refractivity contribution in [2.75, 3.05) is 0 Å². The number of nitrogens with one attached hydrogen (secondary N) is 1. The molecule has 3 rings (SSSR count). The topological polar surface area (TPSA) is 46.0 Å². The highest BCUT2D eigenvalue weighted by Crippen LogP contribution is 2.15. The Morgan fingerprint density at radius 3 is 3.07 bits per heavy atom. The Kier molecular flexibility index (Phi) is 1.41. The van der Waals surface area contributed by atoms with Gasteiger partial charge >= 0.3 is 0 Å². The van der Waals surface area contributed by atoms with Crippen molar-refractivity contribution in [1.29, 1.82) is 0 Å². The first-order chi connectivity index (χ1) is 6.93. The summed E-state index contributed by atoms with van der Waals surface area (Å²) in [4.78, 5) is 7.31. The molecule has 14 heavy (non-hydrogen) atoms. The van der Waals surface area contributed by atoms with Crippen molar-refractivity contribution >= 4 is 5.65 Å². The van der Waals surface area contributed by atoms with E-state index in [0.29, 0.717) is 0 Å². The van der Waals surface area contributed by atoms with Gasteiger partial charge in [0.2, 0.25) is 0 Å². The van der Waals surface area contributed by atoms with E-state index in [1.165, 1.54) is 0 Å². The molecule has 3 aromatic heterocycles. The van der Waals surface area contributed by atoms with E-state index in [-0.39, 0.29) is 0 Å². The molecule has 0 aliphatic heterocycles. The summed E-state index contributed by atoms with van der Waals surface area (Å²) in [6.07, 6.45) is 5.52. The Bertz CT molecular complexity index is 517. The summed E-state index contributed by atoms with van der Waals surface area (Å²) >= 11 is 0. The van der Waals surface area contributed by atoms with Gasteiger partial charge in [0.1, 0.15) is 5.69 Å². The Morgan fingerprint density at radius 1 is 1.29 bits per heavy atom. The summed E-state index contributed by atoms with van der Waals surface area (Å²) < 4.78 is 1.76. The Balaban J connectivity index is 2.24. The van der Waals surface area contributed by atoms with Crippen LogP contribution in [-0.2, 0) is 0 Å². The fourth-order valence-electron chi connectivity index (χ4n) is 1.45. The average molecular weight is 184 g/mol. The largest absolute Gasteiger partial charge is 0.360 e. The number of fused-ring (bicyclic) bond motifs is 1. The highest BCUT2D eigenvalue weighted by atomic mass is 15.2. The number of hydrogen-bond donors (Lipinski definition) is 1. The van der Waals surface area contributed by atoms with E-state index in [4.69, 9.17) is 0 Å². The van der Waals surface area contributed by atoms with E-state index in [1.807, 2.05) is 36.7 Å². The first kappa shape index (κ1) is 7.32. The van der Waals surface area contributed by atoms with Crippen LogP contribution in [0.1, 0.15) is 0 Å². The molecule has 0 aliphatic rings. The minimum absolute atomic E-state index is 0.858. The second kappa shape index (κ2) is 2.70. The molecular formula is C10H8N4. The van der Waals surface area contributed by atoms with Gasteiger partial charge in [0, 0.05) is 24.7 Å². The summed E-state index contributed by atoms with van der Waals surface area (Å²) in [5.74, 6) is 0. The molecule has 0 radical (unpaired) electrons. The van der Waals surface area contributed by atoms with Crippen molar-refractivity contribution in [2.24, 2.45) is 0 Å². The van der Waals surface area contributed by atoms with Crippen LogP contribution in [0.2, 0.25) is 0 Å². The average Bonchev–Trinajstić information content (AvgIpc) is 2.86. The van der Waals surface area contributed by atoms with Gasteiger partial charge in [-0.15, -0.1) is 0 Å². The van der Waals surface area contributed by atoms with E-state index < -0.39 is 0 Å². The first-order valence-corrected chi connectivity index (χ1v) is 4.38. The number of H-pyrrole nitrogens is 1. The van der Waals surface area contributed by atoms with Crippen LogP contribution in [-0.4, -0.2) is 19.6 Å². The van der Waals surface area contributed by atoms with E-state index >= 15 is 0 Å². The van der Waals surface area contributed by atoms with Gasteiger partial charge in [-0.2, -0.15) is 5.10 Å². The zero-order valence-electron chi connectivity index (χ0n) is 7.38. The van der Waals surface area contributed by atoms with Gasteiger partial charge in [0.25, 0.3) is 0 Å². The molecule has 0 atom stereocenters. The van der Waals surface area contributed by atoms with Gasteiger partial charge in [-0.1, -0.05) is 0 Å². The molecule has 0 bridgehead atoms. The molecular weight excluding hydrogens is 176 g/mol. The summed E-state index contributed by atoms with van der Waals surface area (Å²) in [5, 5.41) is 4.38. The highest BCUT2D eigenvalue weighted by molar-refractivity contribution is 5.60. The number of rotatable bonds is 1. The molecule has 68 valence electrons. The maximum atomic E-state index is 4.38. The van der Waals surface area contributed by atoms with Gasteiger partial charge in [-0.05, 0) is 18.2 Å². The molecule has 0 spiro atoms. The van der Waals surface area contributed by atoms with Crippen LogP contribution in [0.25, 0.3) is 17.0 Å². The third-order valence-electron chi connectivity index (χ3n) is 2.11. The SMILES string of the molecule is c1c[nH]c(-c2cc3ncccn3n2)c1. The Morgan fingerprint density at radius 2 is 2.29 bits per heavy atom. The molecule has 0 fully saturated rings. The highest BCUT2D eigenvalue weighted by Gasteiger charge is 2.03. The van der Waals surface area contributed by atoms with Crippen LogP contribution in [0.4, 0.5) is 0 Å². The summed E-state index contributed by atoms with van der Waals surface area (Å²) in [5.41, 5.74) is 2.78. The molecule has 3 aromatic rings. The van der Waals surface area contributed by atoms with Crippen molar-refractivity contribution in [2.45, 2.75) is 0 Å². The monoisotopic (exact) mass is 184 g/mol. The minimum Gasteiger partial charge on any atom is -0.360 e. The van der Waals surface area contributed by atoms with E-state index in [1.54, 1.807) is 10.7 Å². The number of aromatic nitrogens is 4. The lowest BCUT2D eigenvalue weighted by Gasteiger charge is -1.88. The molecule has 1 N–H and O–H groups in total. The molecule has 0 amide bonds. The van der Waals surface area contributed by atoms with Gasteiger partial charge in [0.05, 0.1) is 5.69 Å². The van der Waals surface area contributed by atoms with Crippen molar-refractivity contribution in [3.63, 3.8) is 0 Å². The van der Waals surface area contributed by atoms with Gasteiger partial charge < -0.3 is 4.98 Å². The van der Waals surface area contributed by atoms with E-state index in [2.05, 4.69) is 15.1 Å². The van der Waals surface area contributed by atoms with Crippen molar-refractivity contribution in [1.82, 2.24) is 19.6 Å². The minimum atomic E-state index is 0.858. The lowest BCUT2D eigenvalue weighted by molar-refractivity contribution is 0.941. The van der Waals surface area contributed by atoms with Crippen LogP contribution in [0.5, 0.6) is 0 Å². The fourth-order valence-corrected chi connectivity index (χ4v) is 1.45. The van der Waals surface area contributed by atoms with Crippen molar-refractivity contribution in [3.05, 3.63) is 42.9 Å². The molecule has 0 saturated carbocycles. The lowest BCUT2D eigenvalue weighted by Crippen LogP contribution is -1.87. The molecule has 3 heterocycles.